The molecule has 0 radical (unpaired) electrons. The summed E-state index contributed by atoms with van der Waals surface area (Å²) in [5.74, 6) is 0.894. The fourth-order valence-electron chi connectivity index (χ4n) is 3.60. The Labute approximate surface area is 160 Å². The molecule has 3 nitrogen and oxygen atoms in total. The van der Waals surface area contributed by atoms with Gasteiger partial charge in [0.2, 0.25) is 0 Å². The van der Waals surface area contributed by atoms with Gasteiger partial charge in [0.1, 0.15) is 11.9 Å². The fraction of sp³-hybridized carbons (Fsp3) is 0.208. The van der Waals surface area contributed by atoms with Crippen LogP contribution in [0.4, 0.5) is 0 Å². The molecule has 136 valence electrons. The molecule has 3 aromatic carbocycles. The van der Waals surface area contributed by atoms with Crippen molar-refractivity contribution in [3.63, 3.8) is 0 Å². The van der Waals surface area contributed by atoms with E-state index in [4.69, 9.17) is 4.74 Å². The van der Waals surface area contributed by atoms with E-state index in [1.165, 1.54) is 11.1 Å². The van der Waals surface area contributed by atoms with Crippen LogP contribution in [-0.2, 0) is 0 Å². The van der Waals surface area contributed by atoms with Gasteiger partial charge >= 0.3 is 0 Å². The Balaban J connectivity index is 1.45. The molecule has 1 aliphatic rings. The molecule has 1 aliphatic heterocycles. The lowest BCUT2D eigenvalue weighted by Gasteiger charge is -2.44. The monoisotopic (exact) mass is 357 g/mol. The number of Topliss-reactive ketones (excluding diaryl/α,β-unsaturated/α-hetero) is 1. The quantitative estimate of drug-likeness (QED) is 0.597. The molecule has 0 N–H and O–H groups in total. The summed E-state index contributed by atoms with van der Waals surface area (Å²) in [6, 6.07) is 28.9. The van der Waals surface area contributed by atoms with E-state index >= 15 is 0 Å². The number of benzene rings is 3. The molecule has 4 rings (SSSR count). The van der Waals surface area contributed by atoms with E-state index in [-0.39, 0.29) is 17.9 Å². The number of ether oxygens (including phenoxy) is 1. The molecule has 0 aromatic heterocycles. The molecular weight excluding hydrogens is 334 g/mol. The Morgan fingerprint density at radius 2 is 1.37 bits per heavy atom. The first-order chi connectivity index (χ1) is 13.2. The van der Waals surface area contributed by atoms with Crippen LogP contribution in [0.1, 0.15) is 34.5 Å². The van der Waals surface area contributed by atoms with Crippen LogP contribution in [0, 0.1) is 0 Å². The first-order valence-electron chi connectivity index (χ1n) is 9.32. The summed E-state index contributed by atoms with van der Waals surface area (Å²) in [7, 11) is 0. The zero-order valence-electron chi connectivity index (χ0n) is 15.4. The average Bonchev–Trinajstić information content (AvgIpc) is 2.68. The number of nitrogens with zero attached hydrogens (tertiary/aromatic N) is 1. The predicted octanol–water partition coefficient (Wildman–Crippen LogP) is 4.74. The molecule has 0 spiro atoms. The average molecular weight is 357 g/mol. The van der Waals surface area contributed by atoms with Gasteiger partial charge in [-0.15, -0.1) is 0 Å². The molecule has 1 heterocycles. The Kier molecular flexibility index (Phi) is 5.03. The molecule has 0 bridgehead atoms. The Hall–Kier alpha value is -2.91. The smallest absolute Gasteiger partial charge is 0.159 e. The minimum atomic E-state index is 0.0740. The highest BCUT2D eigenvalue weighted by Gasteiger charge is 2.35. The summed E-state index contributed by atoms with van der Waals surface area (Å²) in [5.41, 5.74) is 3.31. The maximum absolute atomic E-state index is 11.4. The van der Waals surface area contributed by atoms with Gasteiger partial charge in [-0.3, -0.25) is 9.69 Å². The normalized spacial score (nSPS) is 14.7. The van der Waals surface area contributed by atoms with Gasteiger partial charge in [-0.25, -0.2) is 0 Å². The van der Waals surface area contributed by atoms with Crippen molar-refractivity contribution in [2.75, 3.05) is 13.1 Å². The lowest BCUT2D eigenvalue weighted by molar-refractivity contribution is 0.000288. The van der Waals surface area contributed by atoms with Crippen LogP contribution < -0.4 is 4.74 Å². The van der Waals surface area contributed by atoms with Crippen molar-refractivity contribution in [1.82, 2.24) is 4.90 Å². The highest BCUT2D eigenvalue weighted by atomic mass is 16.5. The maximum atomic E-state index is 11.4. The van der Waals surface area contributed by atoms with Gasteiger partial charge < -0.3 is 4.74 Å². The first-order valence-corrected chi connectivity index (χ1v) is 9.32. The highest BCUT2D eigenvalue weighted by Crippen LogP contribution is 2.33. The third-order valence-corrected chi connectivity index (χ3v) is 5.04. The second-order valence-corrected chi connectivity index (χ2v) is 7.00. The van der Waals surface area contributed by atoms with Crippen molar-refractivity contribution in [1.29, 1.82) is 0 Å². The lowest BCUT2D eigenvalue weighted by atomic mass is 9.94. The Morgan fingerprint density at radius 1 is 0.852 bits per heavy atom. The zero-order chi connectivity index (χ0) is 18.6. The largest absolute Gasteiger partial charge is 0.488 e. The van der Waals surface area contributed by atoms with Crippen LogP contribution >= 0.6 is 0 Å². The number of hydrogen-bond donors (Lipinski definition) is 0. The third kappa shape index (κ3) is 3.93. The summed E-state index contributed by atoms with van der Waals surface area (Å²) in [6.07, 6.45) is 0.170. The molecule has 1 saturated heterocycles. The summed E-state index contributed by atoms with van der Waals surface area (Å²) < 4.78 is 6.08. The molecule has 3 aromatic rings. The molecule has 0 saturated carbocycles. The van der Waals surface area contributed by atoms with Crippen LogP contribution in [0.15, 0.2) is 84.9 Å². The molecule has 0 amide bonds. The maximum Gasteiger partial charge on any atom is 0.159 e. The van der Waals surface area contributed by atoms with Crippen molar-refractivity contribution >= 4 is 5.78 Å². The van der Waals surface area contributed by atoms with Gasteiger partial charge in [0, 0.05) is 18.7 Å². The number of carbonyl (C=O) groups is 1. The van der Waals surface area contributed by atoms with Gasteiger partial charge in [-0.05, 0) is 42.3 Å². The Morgan fingerprint density at radius 3 is 1.85 bits per heavy atom. The van der Waals surface area contributed by atoms with E-state index in [9.17, 15) is 4.79 Å². The molecule has 3 heteroatoms. The molecule has 0 aliphatic carbocycles. The molecule has 27 heavy (non-hydrogen) atoms. The van der Waals surface area contributed by atoms with Gasteiger partial charge in [0.25, 0.3) is 0 Å². The fourth-order valence-corrected chi connectivity index (χ4v) is 3.60. The van der Waals surface area contributed by atoms with E-state index < -0.39 is 0 Å². The van der Waals surface area contributed by atoms with Gasteiger partial charge in [-0.1, -0.05) is 60.7 Å². The number of carbonyl (C=O) groups excluding carboxylic acids is 1. The lowest BCUT2D eigenvalue weighted by Crippen LogP contribution is -2.55. The summed E-state index contributed by atoms with van der Waals surface area (Å²) >= 11 is 0. The molecule has 0 unspecified atom stereocenters. The van der Waals surface area contributed by atoms with Crippen LogP contribution in [0.5, 0.6) is 5.75 Å². The van der Waals surface area contributed by atoms with Gasteiger partial charge in [-0.2, -0.15) is 0 Å². The van der Waals surface area contributed by atoms with Crippen LogP contribution in [-0.4, -0.2) is 29.9 Å². The number of hydrogen-bond acceptors (Lipinski definition) is 3. The first kappa shape index (κ1) is 17.5. The van der Waals surface area contributed by atoms with Crippen molar-refractivity contribution < 1.29 is 9.53 Å². The third-order valence-electron chi connectivity index (χ3n) is 5.04. The number of ketones is 1. The predicted molar refractivity (Wildman–Crippen MR) is 107 cm³/mol. The SMILES string of the molecule is CC(=O)c1ccc(OC2CN(C(c3ccccc3)c3ccccc3)C2)cc1. The Bertz CT molecular complexity index is 845. The minimum absolute atomic E-state index is 0.0740. The molecule has 0 atom stereocenters. The minimum Gasteiger partial charge on any atom is -0.488 e. The van der Waals surface area contributed by atoms with Crippen molar-refractivity contribution in [2.45, 2.75) is 19.1 Å². The van der Waals surface area contributed by atoms with Gasteiger partial charge in [0.15, 0.2) is 5.78 Å². The van der Waals surface area contributed by atoms with E-state index in [0.717, 1.165) is 18.8 Å². The van der Waals surface area contributed by atoms with Crippen molar-refractivity contribution in [3.8, 4) is 5.75 Å². The second kappa shape index (κ2) is 7.77. The number of rotatable bonds is 6. The second-order valence-electron chi connectivity index (χ2n) is 7.00. The van der Waals surface area contributed by atoms with Crippen LogP contribution in [0.3, 0.4) is 0 Å². The van der Waals surface area contributed by atoms with E-state index in [1.807, 2.05) is 24.3 Å². The molecular formula is C24H23NO2. The van der Waals surface area contributed by atoms with Crippen molar-refractivity contribution in [3.05, 3.63) is 102 Å². The van der Waals surface area contributed by atoms with Gasteiger partial charge in [0.05, 0.1) is 6.04 Å². The standard InChI is InChI=1S/C24H23NO2/c1-18(26)19-12-14-22(15-13-19)27-23-16-25(17-23)24(20-8-4-2-5-9-20)21-10-6-3-7-11-21/h2-15,23-24H,16-17H2,1H3. The highest BCUT2D eigenvalue weighted by molar-refractivity contribution is 5.94. The van der Waals surface area contributed by atoms with Crippen LogP contribution in [0.25, 0.3) is 0 Å². The topological polar surface area (TPSA) is 29.5 Å². The summed E-state index contributed by atoms with van der Waals surface area (Å²) in [4.78, 5) is 13.8. The molecule has 1 fully saturated rings. The van der Waals surface area contributed by atoms with Crippen molar-refractivity contribution in [2.24, 2.45) is 0 Å². The summed E-state index contributed by atoms with van der Waals surface area (Å²) in [5, 5.41) is 0. The van der Waals surface area contributed by atoms with E-state index in [2.05, 4.69) is 65.6 Å². The summed E-state index contributed by atoms with van der Waals surface area (Å²) in [6.45, 7) is 3.33. The zero-order valence-corrected chi connectivity index (χ0v) is 15.4. The van der Waals surface area contributed by atoms with E-state index in [0.29, 0.717) is 5.56 Å². The van der Waals surface area contributed by atoms with E-state index in [1.54, 1.807) is 6.92 Å². The number of likely N-dealkylation sites (tertiary alicyclic amines) is 1. The van der Waals surface area contributed by atoms with Crippen LogP contribution in [0.2, 0.25) is 0 Å².